The summed E-state index contributed by atoms with van der Waals surface area (Å²) in [6.07, 6.45) is 1.61. The van der Waals surface area contributed by atoms with Crippen molar-refractivity contribution in [2.45, 2.75) is 26.8 Å². The number of benzene rings is 2. The van der Waals surface area contributed by atoms with Gasteiger partial charge in [-0.15, -0.1) is 0 Å². The van der Waals surface area contributed by atoms with Crippen LogP contribution in [-0.2, 0) is 0 Å². The van der Waals surface area contributed by atoms with E-state index >= 15 is 0 Å². The van der Waals surface area contributed by atoms with Gasteiger partial charge in [0.15, 0.2) is 28.6 Å². The molecule has 5 aromatic rings. The van der Waals surface area contributed by atoms with Crippen molar-refractivity contribution in [2.24, 2.45) is 0 Å². The van der Waals surface area contributed by atoms with E-state index in [0.717, 1.165) is 11.6 Å². The number of hydrogen-bond donors (Lipinski definition) is 2. The molecule has 1 atom stereocenters. The van der Waals surface area contributed by atoms with Crippen molar-refractivity contribution in [1.29, 1.82) is 0 Å². The van der Waals surface area contributed by atoms with E-state index in [1.54, 1.807) is 44.3 Å². The molecule has 0 amide bonds. The van der Waals surface area contributed by atoms with Crippen LogP contribution in [0.25, 0.3) is 33.8 Å². The second kappa shape index (κ2) is 8.88. The fraction of sp³-hybridized carbons (Fsp3) is 0.154. The maximum absolute atomic E-state index is 14.8. The van der Waals surface area contributed by atoms with Gasteiger partial charge in [-0.2, -0.15) is 0 Å². The van der Waals surface area contributed by atoms with Gasteiger partial charge in [0, 0.05) is 23.0 Å². The van der Waals surface area contributed by atoms with Crippen LogP contribution < -0.4 is 16.5 Å². The van der Waals surface area contributed by atoms with Gasteiger partial charge >= 0.3 is 5.76 Å². The Kier molecular flexibility index (Phi) is 5.71. The third-order valence-electron chi connectivity index (χ3n) is 5.90. The number of H-pyrrole nitrogens is 1. The van der Waals surface area contributed by atoms with E-state index in [4.69, 9.17) is 4.42 Å². The molecule has 36 heavy (non-hydrogen) atoms. The van der Waals surface area contributed by atoms with Gasteiger partial charge in [-0.3, -0.25) is 19.3 Å². The first-order valence-corrected chi connectivity index (χ1v) is 11.0. The minimum Gasteiger partial charge on any atom is -0.454 e. The lowest BCUT2D eigenvalue weighted by Gasteiger charge is -2.20. The van der Waals surface area contributed by atoms with E-state index in [1.807, 2.05) is 13.0 Å². The maximum atomic E-state index is 14.8. The summed E-state index contributed by atoms with van der Waals surface area (Å²) in [5.74, 6) is -3.14. The summed E-state index contributed by atoms with van der Waals surface area (Å²) in [6.45, 7) is 5.32. The van der Waals surface area contributed by atoms with Crippen LogP contribution in [0.1, 0.15) is 29.7 Å². The minimum atomic E-state index is -1.20. The minimum absolute atomic E-state index is 0.153. The number of pyridine rings is 1. The van der Waals surface area contributed by atoms with Crippen LogP contribution in [0.2, 0.25) is 0 Å². The number of nitrogens with zero attached hydrogens (tertiary/aromatic N) is 2. The van der Waals surface area contributed by atoms with E-state index in [1.165, 1.54) is 6.07 Å². The molecule has 3 aromatic heterocycles. The second-order valence-electron chi connectivity index (χ2n) is 8.42. The van der Waals surface area contributed by atoms with Crippen molar-refractivity contribution in [3.05, 3.63) is 97.8 Å². The molecule has 0 aliphatic heterocycles. The average Bonchev–Trinajstić information content (AvgIpc) is 3.29. The van der Waals surface area contributed by atoms with Crippen molar-refractivity contribution < 1.29 is 17.7 Å². The van der Waals surface area contributed by atoms with Crippen LogP contribution in [0.5, 0.6) is 0 Å². The number of halogens is 2. The first-order chi connectivity index (χ1) is 17.2. The van der Waals surface area contributed by atoms with Crippen molar-refractivity contribution in [3.8, 4) is 22.8 Å². The molecule has 3 heterocycles. The fourth-order valence-electron chi connectivity index (χ4n) is 4.18. The summed E-state index contributed by atoms with van der Waals surface area (Å²) in [4.78, 5) is 31.3. The molecular formula is C26H20F2N4O4. The average molecular weight is 490 g/mol. The Morgan fingerprint density at radius 1 is 1.08 bits per heavy atom. The summed E-state index contributed by atoms with van der Waals surface area (Å²) in [6, 6.07) is 10.6. The largest absolute Gasteiger partial charge is 0.454 e. The monoisotopic (exact) mass is 490 g/mol. The molecule has 0 bridgehead atoms. The summed E-state index contributed by atoms with van der Waals surface area (Å²) in [5, 5.41) is 7.02. The molecule has 0 fully saturated rings. The van der Waals surface area contributed by atoms with Crippen molar-refractivity contribution >= 4 is 16.7 Å². The lowest BCUT2D eigenvalue weighted by atomic mass is 9.99. The summed E-state index contributed by atoms with van der Waals surface area (Å²) in [7, 11) is 0. The molecule has 0 saturated heterocycles. The van der Waals surface area contributed by atoms with Crippen LogP contribution in [-0.4, -0.2) is 15.1 Å². The fourth-order valence-corrected chi connectivity index (χ4v) is 4.18. The van der Waals surface area contributed by atoms with Gasteiger partial charge < -0.3 is 9.73 Å². The highest BCUT2D eigenvalue weighted by Gasteiger charge is 2.23. The molecule has 10 heteroatoms. The highest BCUT2D eigenvalue weighted by Crippen LogP contribution is 2.35. The van der Waals surface area contributed by atoms with Crippen molar-refractivity contribution in [3.63, 3.8) is 0 Å². The van der Waals surface area contributed by atoms with E-state index in [-0.39, 0.29) is 22.5 Å². The van der Waals surface area contributed by atoms with Gasteiger partial charge in [-0.05, 0) is 56.7 Å². The Morgan fingerprint density at radius 3 is 2.58 bits per heavy atom. The Labute approximate surface area is 202 Å². The number of nitrogens with one attached hydrogen (secondary N) is 2. The third-order valence-corrected chi connectivity index (χ3v) is 5.90. The molecule has 0 aliphatic rings. The molecule has 2 N–H and O–H groups in total. The SMILES string of the molecule is Cc1cc([C@@H](C)Nc2ccc(F)c(F)c2-c2noc(=O)[nH]2)c2oc(-c3ccccn3)c(C)c(=O)c2c1. The molecule has 0 saturated carbocycles. The molecule has 5 rings (SSSR count). The first-order valence-electron chi connectivity index (χ1n) is 11.0. The predicted molar refractivity (Wildman–Crippen MR) is 130 cm³/mol. The number of aryl methyl sites for hydroxylation is 1. The molecule has 182 valence electrons. The van der Waals surface area contributed by atoms with Crippen molar-refractivity contribution in [1.82, 2.24) is 15.1 Å². The second-order valence-corrected chi connectivity index (χ2v) is 8.42. The van der Waals surface area contributed by atoms with E-state index in [0.29, 0.717) is 33.6 Å². The van der Waals surface area contributed by atoms with Gasteiger partial charge in [-0.25, -0.2) is 13.6 Å². The maximum Gasteiger partial charge on any atom is 0.439 e. The number of rotatable bonds is 5. The molecule has 0 spiro atoms. The van der Waals surface area contributed by atoms with E-state index in [9.17, 15) is 18.4 Å². The topological polar surface area (TPSA) is 114 Å². The number of fused-ring (bicyclic) bond motifs is 1. The van der Waals surface area contributed by atoms with E-state index < -0.39 is 23.4 Å². The Hall–Kier alpha value is -4.60. The Balaban J connectivity index is 1.67. The summed E-state index contributed by atoms with van der Waals surface area (Å²) < 4.78 is 39.6. The highest BCUT2D eigenvalue weighted by atomic mass is 19.2. The normalized spacial score (nSPS) is 12.1. The number of aromatic nitrogens is 3. The summed E-state index contributed by atoms with van der Waals surface area (Å²) in [5.41, 5.74) is 2.38. The number of hydrogen-bond acceptors (Lipinski definition) is 7. The Bertz CT molecular complexity index is 1720. The third kappa shape index (κ3) is 3.96. The zero-order valence-corrected chi connectivity index (χ0v) is 19.5. The van der Waals surface area contributed by atoms with Crippen molar-refractivity contribution in [2.75, 3.05) is 5.32 Å². The van der Waals surface area contributed by atoms with Crippen LogP contribution >= 0.6 is 0 Å². The molecule has 0 aliphatic carbocycles. The molecule has 2 aromatic carbocycles. The lowest BCUT2D eigenvalue weighted by Crippen LogP contribution is -2.13. The zero-order chi connectivity index (χ0) is 25.6. The van der Waals surface area contributed by atoms with Gasteiger partial charge in [0.2, 0.25) is 0 Å². The van der Waals surface area contributed by atoms with Gasteiger partial charge in [0.25, 0.3) is 0 Å². The van der Waals surface area contributed by atoms with Gasteiger partial charge in [-0.1, -0.05) is 17.3 Å². The van der Waals surface area contributed by atoms with Crippen LogP contribution in [0.15, 0.2) is 67.2 Å². The molecular weight excluding hydrogens is 470 g/mol. The predicted octanol–water partition coefficient (Wildman–Crippen LogP) is 5.27. The quantitative estimate of drug-likeness (QED) is 0.345. The Morgan fingerprint density at radius 2 is 1.89 bits per heavy atom. The van der Waals surface area contributed by atoms with E-state index in [2.05, 4.69) is 25.0 Å². The van der Waals surface area contributed by atoms with Crippen LogP contribution in [0.3, 0.4) is 0 Å². The van der Waals surface area contributed by atoms with Crippen LogP contribution in [0.4, 0.5) is 14.5 Å². The standard InChI is InChI=1S/C26H20F2N4O4/c1-12-10-15(24-16(11-12)22(33)13(2)23(35-24)19-6-4-5-9-29-19)14(3)30-18-8-7-17(27)21(28)20(18)25-31-26(34)36-32-25/h4-11,14,30H,1-3H3,(H,31,32,34)/t14-/m1/s1. The molecule has 0 unspecified atom stereocenters. The van der Waals surface area contributed by atoms with Crippen LogP contribution in [0, 0.1) is 25.5 Å². The molecule has 0 radical (unpaired) electrons. The molecule has 8 nitrogen and oxygen atoms in total. The lowest BCUT2D eigenvalue weighted by molar-refractivity contribution is 0.387. The highest BCUT2D eigenvalue weighted by molar-refractivity contribution is 5.84. The first kappa shape index (κ1) is 23.2. The summed E-state index contributed by atoms with van der Waals surface area (Å²) >= 11 is 0. The zero-order valence-electron chi connectivity index (χ0n) is 19.5. The van der Waals surface area contributed by atoms with Gasteiger partial charge in [0.05, 0.1) is 17.0 Å². The number of anilines is 1. The number of aromatic amines is 1. The smallest absolute Gasteiger partial charge is 0.439 e. The van der Waals surface area contributed by atoms with Gasteiger partial charge in [0.1, 0.15) is 11.3 Å².